The molecule has 0 amide bonds. The Hall–Kier alpha value is -2.59. The van der Waals surface area contributed by atoms with Crippen LogP contribution in [-0.4, -0.2) is 53.3 Å². The molecule has 0 aliphatic carbocycles. The first-order valence-electron chi connectivity index (χ1n) is 9.51. The average Bonchev–Trinajstić information content (AvgIpc) is 3.32. The van der Waals surface area contributed by atoms with Crippen LogP contribution in [0.25, 0.3) is 11.2 Å². The molecular weight excluding hydrogens is 374 g/mol. The van der Waals surface area contributed by atoms with Crippen molar-refractivity contribution in [2.75, 3.05) is 11.9 Å². The smallest absolute Gasteiger partial charge is 0.167 e. The van der Waals surface area contributed by atoms with Crippen molar-refractivity contribution in [2.45, 2.75) is 51.4 Å². The second kappa shape index (κ2) is 9.27. The standard InChI is InChI=1S/C17H19N5O2.C3H8O2/c23-9-13-6-7-14(24-13)22-11-21-15-16(19-10-20-17(15)22)18-8-12-4-2-1-3-5-12;1-3(2,4)5/h1-5,10-11,13-14,23H,6-9H2,(H,18,19,20);4-5H,1-2H3. The Kier molecular flexibility index (Phi) is 6.75. The first kappa shape index (κ1) is 21.1. The minimum absolute atomic E-state index is 0.0436. The van der Waals surface area contributed by atoms with Gasteiger partial charge in [0.25, 0.3) is 0 Å². The summed E-state index contributed by atoms with van der Waals surface area (Å²) < 4.78 is 7.74. The lowest BCUT2D eigenvalue weighted by Gasteiger charge is -2.14. The van der Waals surface area contributed by atoms with Gasteiger partial charge in [0.1, 0.15) is 12.6 Å². The Morgan fingerprint density at radius 2 is 1.86 bits per heavy atom. The number of aliphatic hydroxyl groups excluding tert-OH is 1. The lowest BCUT2D eigenvalue weighted by molar-refractivity contribution is -0.127. The predicted molar refractivity (Wildman–Crippen MR) is 108 cm³/mol. The second-order valence-electron chi connectivity index (χ2n) is 7.35. The Bertz CT molecular complexity index is 904. The van der Waals surface area contributed by atoms with E-state index in [2.05, 4.69) is 32.4 Å². The van der Waals surface area contributed by atoms with E-state index in [0.29, 0.717) is 12.4 Å². The molecule has 0 spiro atoms. The summed E-state index contributed by atoms with van der Waals surface area (Å²) in [5, 5.41) is 28.7. The van der Waals surface area contributed by atoms with E-state index in [0.717, 1.165) is 24.0 Å². The summed E-state index contributed by atoms with van der Waals surface area (Å²) in [4.78, 5) is 13.1. The van der Waals surface area contributed by atoms with E-state index >= 15 is 0 Å². The van der Waals surface area contributed by atoms with E-state index in [1.807, 2.05) is 22.8 Å². The zero-order valence-corrected chi connectivity index (χ0v) is 16.6. The lowest BCUT2D eigenvalue weighted by atomic mass is 10.2. The minimum Gasteiger partial charge on any atom is -0.394 e. The normalized spacial score (nSPS) is 19.1. The maximum atomic E-state index is 9.23. The molecule has 1 aliphatic rings. The van der Waals surface area contributed by atoms with E-state index in [1.165, 1.54) is 25.7 Å². The van der Waals surface area contributed by atoms with Gasteiger partial charge in [-0.2, -0.15) is 0 Å². The lowest BCUT2D eigenvalue weighted by Crippen LogP contribution is -2.15. The molecule has 0 radical (unpaired) electrons. The summed E-state index contributed by atoms with van der Waals surface area (Å²) in [5.41, 5.74) is 2.64. The fourth-order valence-corrected chi connectivity index (χ4v) is 3.00. The molecule has 3 aromatic rings. The summed E-state index contributed by atoms with van der Waals surface area (Å²) in [7, 11) is 0. The molecule has 2 aromatic heterocycles. The number of nitrogens with zero attached hydrogens (tertiary/aromatic N) is 4. The Morgan fingerprint density at radius 3 is 2.52 bits per heavy atom. The maximum absolute atomic E-state index is 9.23. The monoisotopic (exact) mass is 401 g/mol. The molecule has 4 N–H and O–H groups in total. The van der Waals surface area contributed by atoms with Gasteiger partial charge >= 0.3 is 0 Å². The molecule has 1 aliphatic heterocycles. The fraction of sp³-hybridized carbons (Fsp3) is 0.450. The van der Waals surface area contributed by atoms with Crippen molar-refractivity contribution >= 4 is 17.0 Å². The SMILES string of the molecule is CC(C)(O)O.OCC1CCC(n2cnc3c(NCc4ccccc4)ncnc32)O1. The minimum atomic E-state index is -1.50. The van der Waals surface area contributed by atoms with Crippen LogP contribution in [0.2, 0.25) is 0 Å². The molecule has 3 heterocycles. The third kappa shape index (κ3) is 5.94. The van der Waals surface area contributed by atoms with E-state index in [4.69, 9.17) is 14.9 Å². The number of anilines is 1. The fourth-order valence-electron chi connectivity index (χ4n) is 3.00. The molecule has 2 atom stereocenters. The number of aliphatic hydroxyl groups is 3. The van der Waals surface area contributed by atoms with Gasteiger partial charge in [0.2, 0.25) is 0 Å². The van der Waals surface area contributed by atoms with Gasteiger partial charge in [0.15, 0.2) is 22.8 Å². The van der Waals surface area contributed by atoms with Gasteiger partial charge in [-0.3, -0.25) is 4.57 Å². The molecule has 1 aromatic carbocycles. The van der Waals surface area contributed by atoms with Gasteiger partial charge < -0.3 is 25.4 Å². The van der Waals surface area contributed by atoms with Crippen molar-refractivity contribution in [3.05, 3.63) is 48.5 Å². The van der Waals surface area contributed by atoms with Crippen LogP contribution in [0, 0.1) is 0 Å². The summed E-state index contributed by atoms with van der Waals surface area (Å²) in [6.07, 6.45) is 4.71. The van der Waals surface area contributed by atoms with Gasteiger partial charge in [0.05, 0.1) is 19.0 Å². The topological polar surface area (TPSA) is 126 Å². The van der Waals surface area contributed by atoms with Crippen molar-refractivity contribution in [3.8, 4) is 0 Å². The van der Waals surface area contributed by atoms with Gasteiger partial charge in [-0.1, -0.05) is 30.3 Å². The highest BCUT2D eigenvalue weighted by Crippen LogP contribution is 2.31. The van der Waals surface area contributed by atoms with Gasteiger partial charge in [0, 0.05) is 6.54 Å². The van der Waals surface area contributed by atoms with Gasteiger partial charge in [-0.15, -0.1) is 0 Å². The Labute approximate surface area is 169 Å². The number of nitrogens with one attached hydrogen (secondary N) is 1. The summed E-state index contributed by atoms with van der Waals surface area (Å²) >= 11 is 0. The summed E-state index contributed by atoms with van der Waals surface area (Å²) in [6.45, 7) is 3.31. The van der Waals surface area contributed by atoms with Crippen molar-refractivity contribution in [1.29, 1.82) is 0 Å². The van der Waals surface area contributed by atoms with Crippen molar-refractivity contribution in [3.63, 3.8) is 0 Å². The molecule has 0 saturated carbocycles. The largest absolute Gasteiger partial charge is 0.394 e. The number of fused-ring (bicyclic) bond motifs is 1. The first-order valence-corrected chi connectivity index (χ1v) is 9.51. The van der Waals surface area contributed by atoms with Crippen LogP contribution in [0.15, 0.2) is 43.0 Å². The zero-order valence-electron chi connectivity index (χ0n) is 16.6. The predicted octanol–water partition coefficient (Wildman–Crippen LogP) is 1.82. The number of imidazole rings is 1. The van der Waals surface area contributed by atoms with Crippen LogP contribution in [-0.2, 0) is 11.3 Å². The Morgan fingerprint density at radius 1 is 1.14 bits per heavy atom. The van der Waals surface area contributed by atoms with Crippen molar-refractivity contribution in [1.82, 2.24) is 19.5 Å². The van der Waals surface area contributed by atoms with Gasteiger partial charge in [-0.25, -0.2) is 15.0 Å². The van der Waals surface area contributed by atoms with Gasteiger partial charge in [-0.05, 0) is 32.3 Å². The number of rotatable bonds is 5. The maximum Gasteiger partial charge on any atom is 0.167 e. The van der Waals surface area contributed by atoms with Crippen molar-refractivity contribution in [2.24, 2.45) is 0 Å². The Balaban J connectivity index is 0.000000431. The van der Waals surface area contributed by atoms with Crippen LogP contribution in [0.3, 0.4) is 0 Å². The summed E-state index contributed by atoms with van der Waals surface area (Å²) in [5.74, 6) is -0.792. The average molecular weight is 401 g/mol. The van der Waals surface area contributed by atoms with E-state index in [1.54, 1.807) is 6.33 Å². The number of aromatic nitrogens is 4. The molecule has 1 saturated heterocycles. The third-order valence-electron chi connectivity index (χ3n) is 4.26. The third-order valence-corrected chi connectivity index (χ3v) is 4.26. The molecule has 29 heavy (non-hydrogen) atoms. The molecular formula is C20H27N5O4. The summed E-state index contributed by atoms with van der Waals surface area (Å²) in [6, 6.07) is 10.1. The second-order valence-corrected chi connectivity index (χ2v) is 7.35. The molecule has 2 unspecified atom stereocenters. The van der Waals surface area contributed by atoms with Crippen LogP contribution in [0.4, 0.5) is 5.82 Å². The molecule has 1 fully saturated rings. The molecule has 9 nitrogen and oxygen atoms in total. The van der Waals surface area contributed by atoms with Crippen LogP contribution in [0.5, 0.6) is 0 Å². The molecule has 4 rings (SSSR count). The van der Waals surface area contributed by atoms with Crippen molar-refractivity contribution < 1.29 is 20.1 Å². The quantitative estimate of drug-likeness (QED) is 0.477. The number of hydrogen-bond acceptors (Lipinski definition) is 8. The zero-order chi connectivity index (χ0) is 20.9. The van der Waals surface area contributed by atoms with E-state index < -0.39 is 5.79 Å². The van der Waals surface area contributed by atoms with Crippen LogP contribution in [0.1, 0.15) is 38.5 Å². The molecule has 9 heteroatoms. The van der Waals surface area contributed by atoms with E-state index in [-0.39, 0.29) is 18.9 Å². The highest BCUT2D eigenvalue weighted by Gasteiger charge is 2.27. The highest BCUT2D eigenvalue weighted by molar-refractivity contribution is 5.82. The highest BCUT2D eigenvalue weighted by atomic mass is 16.5. The number of hydrogen-bond donors (Lipinski definition) is 4. The molecule has 156 valence electrons. The number of ether oxygens (including phenoxy) is 1. The van der Waals surface area contributed by atoms with Crippen LogP contribution >= 0.6 is 0 Å². The van der Waals surface area contributed by atoms with E-state index in [9.17, 15) is 5.11 Å². The number of benzene rings is 1. The van der Waals surface area contributed by atoms with Crippen LogP contribution < -0.4 is 5.32 Å². The molecule has 0 bridgehead atoms. The first-order chi connectivity index (χ1) is 13.8.